The van der Waals surface area contributed by atoms with Gasteiger partial charge >= 0.3 is 0 Å². The summed E-state index contributed by atoms with van der Waals surface area (Å²) < 4.78 is 18.7. The number of carbonyl (C=O) groups is 1. The summed E-state index contributed by atoms with van der Waals surface area (Å²) in [6.45, 7) is 0.512. The molecule has 116 valence electrons. The number of carbonyl (C=O) groups excluding carboxylic acids is 1. The van der Waals surface area contributed by atoms with Crippen LogP contribution in [0, 0.1) is 5.82 Å². The number of hydrogen-bond acceptors (Lipinski definition) is 5. The minimum absolute atomic E-state index is 0.0619. The molecule has 1 aliphatic heterocycles. The molecule has 0 spiro atoms. The van der Waals surface area contributed by atoms with E-state index in [-0.39, 0.29) is 17.4 Å². The highest BCUT2D eigenvalue weighted by Gasteiger charge is 2.31. The molecule has 1 amide bonds. The first kappa shape index (κ1) is 14.5. The summed E-state index contributed by atoms with van der Waals surface area (Å²) in [5.74, 6) is -0.927. The number of hydrogen-bond donors (Lipinski definition) is 1. The monoisotopic (exact) mass is 305 g/mol. The minimum atomic E-state index is -0.735. The Kier molecular flexibility index (Phi) is 4.04. The SMILES string of the molecule is O=C(c1ccc(O)cc1F)N1CCCCC[C@@H]1c1ncon1. The molecule has 6 nitrogen and oxygen atoms in total. The molecule has 0 radical (unpaired) electrons. The Labute approximate surface area is 126 Å². The van der Waals surface area contributed by atoms with Gasteiger partial charge in [-0.2, -0.15) is 4.98 Å². The van der Waals surface area contributed by atoms with E-state index in [2.05, 4.69) is 10.1 Å². The summed E-state index contributed by atoms with van der Waals surface area (Å²) in [5.41, 5.74) is -0.0619. The molecule has 0 bridgehead atoms. The quantitative estimate of drug-likeness (QED) is 0.922. The van der Waals surface area contributed by atoms with Crippen LogP contribution in [0.25, 0.3) is 0 Å². The van der Waals surface area contributed by atoms with Gasteiger partial charge in [-0.25, -0.2) is 4.39 Å². The van der Waals surface area contributed by atoms with Crippen molar-refractivity contribution in [1.82, 2.24) is 15.0 Å². The largest absolute Gasteiger partial charge is 0.508 e. The molecule has 1 atom stereocenters. The zero-order valence-corrected chi connectivity index (χ0v) is 11.9. The molecular weight excluding hydrogens is 289 g/mol. The Hall–Kier alpha value is -2.44. The summed E-state index contributed by atoms with van der Waals surface area (Å²) in [4.78, 5) is 18.3. The van der Waals surface area contributed by atoms with E-state index in [1.165, 1.54) is 18.5 Å². The lowest BCUT2D eigenvalue weighted by Gasteiger charge is -2.28. The van der Waals surface area contributed by atoms with Crippen molar-refractivity contribution in [2.75, 3.05) is 6.54 Å². The number of aromatic nitrogens is 2. The third kappa shape index (κ3) is 2.79. The maximum atomic E-state index is 14.0. The van der Waals surface area contributed by atoms with Gasteiger partial charge in [-0.15, -0.1) is 0 Å². The van der Waals surface area contributed by atoms with Gasteiger partial charge in [0.2, 0.25) is 6.39 Å². The third-order valence-corrected chi connectivity index (χ3v) is 3.87. The van der Waals surface area contributed by atoms with Crippen molar-refractivity contribution in [2.45, 2.75) is 31.7 Å². The second kappa shape index (κ2) is 6.13. The van der Waals surface area contributed by atoms with Crippen LogP contribution >= 0.6 is 0 Å². The van der Waals surface area contributed by atoms with Crippen molar-refractivity contribution in [3.63, 3.8) is 0 Å². The molecule has 2 heterocycles. The van der Waals surface area contributed by atoms with Crippen LogP contribution in [-0.4, -0.2) is 32.6 Å². The molecule has 1 saturated heterocycles. The van der Waals surface area contributed by atoms with Crippen molar-refractivity contribution in [3.05, 3.63) is 41.8 Å². The lowest BCUT2D eigenvalue weighted by atomic mass is 10.1. The molecule has 1 aliphatic rings. The molecule has 1 aromatic heterocycles. The molecule has 1 N–H and O–H groups in total. The van der Waals surface area contributed by atoms with Crippen molar-refractivity contribution >= 4 is 5.91 Å². The molecule has 2 aromatic rings. The molecule has 1 aromatic carbocycles. The summed E-state index contributed by atoms with van der Waals surface area (Å²) >= 11 is 0. The molecule has 7 heteroatoms. The average molecular weight is 305 g/mol. The molecule has 3 rings (SSSR count). The number of likely N-dealkylation sites (tertiary alicyclic amines) is 1. The highest BCUT2D eigenvalue weighted by Crippen LogP contribution is 2.30. The predicted octanol–water partition coefficient (Wildman–Crippen LogP) is 2.67. The van der Waals surface area contributed by atoms with E-state index in [0.717, 1.165) is 25.3 Å². The van der Waals surface area contributed by atoms with E-state index >= 15 is 0 Å². The fourth-order valence-electron chi connectivity index (χ4n) is 2.78. The van der Waals surface area contributed by atoms with Crippen LogP contribution in [0.5, 0.6) is 5.75 Å². The number of phenols is 1. The van der Waals surface area contributed by atoms with E-state index in [0.29, 0.717) is 18.8 Å². The first-order valence-electron chi connectivity index (χ1n) is 7.22. The first-order chi connectivity index (χ1) is 10.7. The third-order valence-electron chi connectivity index (χ3n) is 3.87. The topological polar surface area (TPSA) is 79.5 Å². The number of aromatic hydroxyl groups is 1. The van der Waals surface area contributed by atoms with Crippen molar-refractivity contribution < 1.29 is 18.8 Å². The maximum Gasteiger partial charge on any atom is 0.257 e. The lowest BCUT2D eigenvalue weighted by molar-refractivity contribution is 0.0665. The Morgan fingerprint density at radius 2 is 2.23 bits per heavy atom. The van der Waals surface area contributed by atoms with Crippen LogP contribution in [0.2, 0.25) is 0 Å². The summed E-state index contributed by atoms with van der Waals surface area (Å²) in [5, 5.41) is 13.1. The molecule has 1 fully saturated rings. The second-order valence-corrected chi connectivity index (χ2v) is 5.32. The van der Waals surface area contributed by atoms with Gasteiger partial charge < -0.3 is 14.5 Å². The van der Waals surface area contributed by atoms with E-state index in [4.69, 9.17) is 4.52 Å². The number of benzene rings is 1. The van der Waals surface area contributed by atoms with Crippen LogP contribution in [0.1, 0.15) is 47.9 Å². The number of halogens is 1. The van der Waals surface area contributed by atoms with E-state index in [1.54, 1.807) is 4.90 Å². The minimum Gasteiger partial charge on any atom is -0.508 e. The molecule has 0 saturated carbocycles. The van der Waals surface area contributed by atoms with Crippen molar-refractivity contribution in [3.8, 4) is 5.75 Å². The van der Waals surface area contributed by atoms with Gasteiger partial charge in [0.05, 0.1) is 11.6 Å². The number of rotatable bonds is 2. The fourth-order valence-corrected chi connectivity index (χ4v) is 2.78. The van der Waals surface area contributed by atoms with Gasteiger partial charge in [-0.05, 0) is 25.0 Å². The lowest BCUT2D eigenvalue weighted by Crippen LogP contribution is -2.35. The van der Waals surface area contributed by atoms with Crippen molar-refractivity contribution in [1.29, 1.82) is 0 Å². The molecule has 0 aliphatic carbocycles. The van der Waals surface area contributed by atoms with Gasteiger partial charge in [-0.3, -0.25) is 4.79 Å². The van der Waals surface area contributed by atoms with Crippen LogP contribution in [-0.2, 0) is 0 Å². The maximum absolute atomic E-state index is 14.0. The number of phenolic OH excluding ortho intramolecular Hbond substituents is 1. The highest BCUT2D eigenvalue weighted by molar-refractivity contribution is 5.94. The zero-order valence-electron chi connectivity index (χ0n) is 11.9. The summed E-state index contributed by atoms with van der Waals surface area (Å²) in [7, 11) is 0. The number of amides is 1. The van der Waals surface area contributed by atoms with Gasteiger partial charge in [0.15, 0.2) is 5.82 Å². The average Bonchev–Trinajstić information content (AvgIpc) is 2.91. The van der Waals surface area contributed by atoms with Gasteiger partial charge in [0.1, 0.15) is 11.6 Å². The van der Waals surface area contributed by atoms with E-state index < -0.39 is 11.7 Å². The van der Waals surface area contributed by atoms with Gasteiger partial charge in [0.25, 0.3) is 5.91 Å². The predicted molar refractivity (Wildman–Crippen MR) is 74.6 cm³/mol. The smallest absolute Gasteiger partial charge is 0.257 e. The Balaban J connectivity index is 1.93. The molecule has 0 unspecified atom stereocenters. The first-order valence-corrected chi connectivity index (χ1v) is 7.22. The fraction of sp³-hybridized carbons (Fsp3) is 0.400. The zero-order chi connectivity index (χ0) is 15.5. The van der Waals surface area contributed by atoms with E-state index in [9.17, 15) is 14.3 Å². The summed E-state index contributed by atoms with van der Waals surface area (Å²) in [6.07, 6.45) is 4.73. The van der Waals surface area contributed by atoms with Crippen LogP contribution < -0.4 is 0 Å². The normalized spacial score (nSPS) is 19.0. The Morgan fingerprint density at radius 1 is 1.36 bits per heavy atom. The van der Waals surface area contributed by atoms with Crippen molar-refractivity contribution in [2.24, 2.45) is 0 Å². The number of nitrogens with zero attached hydrogens (tertiary/aromatic N) is 3. The van der Waals surface area contributed by atoms with Crippen LogP contribution in [0.15, 0.2) is 29.1 Å². The standard InChI is InChI=1S/C15H16FN3O3/c16-12-8-10(20)5-6-11(12)15(21)19-7-3-1-2-4-13(19)14-17-9-22-18-14/h5-6,8-9,13,20H,1-4,7H2/t13-/m1/s1. The van der Waals surface area contributed by atoms with Gasteiger partial charge in [-0.1, -0.05) is 18.0 Å². The van der Waals surface area contributed by atoms with E-state index in [1.807, 2.05) is 0 Å². The van der Waals surface area contributed by atoms with Crippen LogP contribution in [0.3, 0.4) is 0 Å². The molecular formula is C15H16FN3O3. The second-order valence-electron chi connectivity index (χ2n) is 5.32. The van der Waals surface area contributed by atoms with Gasteiger partial charge in [0, 0.05) is 12.6 Å². The Morgan fingerprint density at radius 3 is 2.95 bits per heavy atom. The van der Waals surface area contributed by atoms with Crippen LogP contribution in [0.4, 0.5) is 4.39 Å². The molecule has 22 heavy (non-hydrogen) atoms. The Bertz CT molecular complexity index is 660. The summed E-state index contributed by atoms with van der Waals surface area (Å²) in [6, 6.07) is 3.22. The highest BCUT2D eigenvalue weighted by atomic mass is 19.1.